The van der Waals surface area contributed by atoms with Gasteiger partial charge in [0.1, 0.15) is 0 Å². The Kier molecular flexibility index (Phi) is 8.97. The predicted molar refractivity (Wildman–Crippen MR) is 121 cm³/mol. The lowest BCUT2D eigenvalue weighted by Crippen LogP contribution is -2.54. The van der Waals surface area contributed by atoms with Gasteiger partial charge < -0.3 is 19.5 Å². The van der Waals surface area contributed by atoms with Crippen LogP contribution >= 0.6 is 24.0 Å². The third kappa shape index (κ3) is 5.81. The smallest absolute Gasteiger partial charge is 0.289 e. The van der Waals surface area contributed by atoms with Gasteiger partial charge in [0.05, 0.1) is 17.1 Å². The van der Waals surface area contributed by atoms with Crippen LogP contribution in [0.5, 0.6) is 0 Å². The Labute approximate surface area is 184 Å². The molecule has 1 aromatic heterocycles. The lowest BCUT2D eigenvalue weighted by molar-refractivity contribution is 0.0658. The molecule has 0 saturated carbocycles. The summed E-state index contributed by atoms with van der Waals surface area (Å²) in [5.74, 6) is 1.57. The second-order valence-corrected chi connectivity index (χ2v) is 7.66. The van der Waals surface area contributed by atoms with Crippen molar-refractivity contribution in [3.05, 3.63) is 54.5 Å². The molecule has 2 aromatic rings. The van der Waals surface area contributed by atoms with Crippen molar-refractivity contribution in [1.29, 1.82) is 0 Å². The number of furan rings is 1. The lowest BCUT2D eigenvalue weighted by Gasteiger charge is -2.36. The minimum Gasteiger partial charge on any atom is -0.459 e. The van der Waals surface area contributed by atoms with Gasteiger partial charge >= 0.3 is 0 Å². The van der Waals surface area contributed by atoms with E-state index in [1.54, 1.807) is 24.1 Å². The molecule has 2 heterocycles. The SMILES string of the molecule is CN=C(NCCS(=O)c1ccccc1)N1CCN(C(=O)c2ccco2)CC1.I. The molecule has 1 aliphatic rings. The summed E-state index contributed by atoms with van der Waals surface area (Å²) in [5.41, 5.74) is 0. The monoisotopic (exact) mass is 516 g/mol. The maximum absolute atomic E-state index is 12.3. The summed E-state index contributed by atoms with van der Waals surface area (Å²) in [4.78, 5) is 21.4. The third-order valence-corrected chi connectivity index (χ3v) is 5.76. The fraction of sp³-hybridized carbons (Fsp3) is 0.368. The average Bonchev–Trinajstić information content (AvgIpc) is 3.26. The molecule has 1 fully saturated rings. The van der Waals surface area contributed by atoms with Gasteiger partial charge in [-0.05, 0) is 24.3 Å². The molecule has 152 valence electrons. The van der Waals surface area contributed by atoms with E-state index in [0.717, 1.165) is 10.9 Å². The summed E-state index contributed by atoms with van der Waals surface area (Å²) >= 11 is 0. The zero-order valence-electron chi connectivity index (χ0n) is 15.7. The molecule has 1 N–H and O–H groups in total. The molecule has 0 bridgehead atoms. The molecule has 1 atom stereocenters. The average molecular weight is 516 g/mol. The van der Waals surface area contributed by atoms with Crippen molar-refractivity contribution in [3.63, 3.8) is 0 Å². The largest absolute Gasteiger partial charge is 0.459 e. The van der Waals surface area contributed by atoms with Crippen molar-refractivity contribution in [3.8, 4) is 0 Å². The van der Waals surface area contributed by atoms with E-state index in [-0.39, 0.29) is 29.9 Å². The molecule has 1 saturated heterocycles. The van der Waals surface area contributed by atoms with Crippen LogP contribution in [0.3, 0.4) is 0 Å². The van der Waals surface area contributed by atoms with Gasteiger partial charge in [0, 0.05) is 50.4 Å². The van der Waals surface area contributed by atoms with Crippen LogP contribution in [0.4, 0.5) is 0 Å². The zero-order chi connectivity index (χ0) is 19.1. The number of aliphatic imine (C=N–C) groups is 1. The third-order valence-electron chi connectivity index (χ3n) is 4.39. The first-order valence-corrected chi connectivity index (χ1v) is 10.2. The van der Waals surface area contributed by atoms with Crippen LogP contribution in [0.15, 0.2) is 63.0 Å². The molecular formula is C19H25IN4O3S. The minimum atomic E-state index is -1.04. The maximum Gasteiger partial charge on any atom is 0.289 e. The van der Waals surface area contributed by atoms with Crippen molar-refractivity contribution in [2.75, 3.05) is 45.5 Å². The van der Waals surface area contributed by atoms with Gasteiger partial charge in [0.25, 0.3) is 5.91 Å². The standard InChI is InChI=1S/C19H24N4O3S.HI/c1-20-19(21-9-15-27(25)16-6-3-2-4-7-16)23-12-10-22(11-13-23)18(24)17-8-5-14-26-17;/h2-8,14H,9-13,15H2,1H3,(H,20,21);1H. The molecule has 1 aromatic carbocycles. The normalized spacial score (nSPS) is 15.7. The highest BCUT2D eigenvalue weighted by Gasteiger charge is 2.25. The van der Waals surface area contributed by atoms with Crippen LogP contribution in [0.2, 0.25) is 0 Å². The van der Waals surface area contributed by atoms with Crippen molar-refractivity contribution < 1.29 is 13.4 Å². The van der Waals surface area contributed by atoms with Crippen molar-refractivity contribution in [2.45, 2.75) is 4.90 Å². The number of guanidine groups is 1. The number of carbonyl (C=O) groups excluding carboxylic acids is 1. The van der Waals surface area contributed by atoms with E-state index in [0.29, 0.717) is 44.2 Å². The topological polar surface area (TPSA) is 78.2 Å². The summed E-state index contributed by atoms with van der Waals surface area (Å²) in [6.45, 7) is 3.16. The Morgan fingerprint density at radius 2 is 1.79 bits per heavy atom. The first-order chi connectivity index (χ1) is 13.2. The zero-order valence-corrected chi connectivity index (χ0v) is 18.9. The van der Waals surface area contributed by atoms with Gasteiger partial charge in [-0.3, -0.25) is 14.0 Å². The number of carbonyl (C=O) groups is 1. The van der Waals surface area contributed by atoms with Gasteiger partial charge in [-0.2, -0.15) is 0 Å². The van der Waals surface area contributed by atoms with E-state index < -0.39 is 10.8 Å². The number of hydrogen-bond donors (Lipinski definition) is 1. The number of nitrogens with zero attached hydrogens (tertiary/aromatic N) is 3. The van der Waals surface area contributed by atoms with Crippen LogP contribution in [0.25, 0.3) is 0 Å². The first-order valence-electron chi connectivity index (χ1n) is 8.91. The summed E-state index contributed by atoms with van der Waals surface area (Å²) in [6.07, 6.45) is 1.51. The molecule has 1 amide bonds. The predicted octanol–water partition coefficient (Wildman–Crippen LogP) is 2.04. The molecule has 0 aliphatic carbocycles. The Morgan fingerprint density at radius 3 is 2.39 bits per heavy atom. The minimum absolute atomic E-state index is 0. The van der Waals surface area contributed by atoms with E-state index in [1.165, 1.54) is 6.26 Å². The molecule has 3 rings (SSSR count). The summed E-state index contributed by atoms with van der Waals surface area (Å²) in [6, 6.07) is 12.8. The van der Waals surface area contributed by atoms with Gasteiger partial charge in [0.2, 0.25) is 0 Å². The number of piperazine rings is 1. The van der Waals surface area contributed by atoms with Gasteiger partial charge in [-0.25, -0.2) is 0 Å². The molecule has 0 spiro atoms. The second kappa shape index (κ2) is 11.2. The van der Waals surface area contributed by atoms with Crippen LogP contribution in [-0.2, 0) is 10.8 Å². The van der Waals surface area contributed by atoms with Crippen LogP contribution in [0, 0.1) is 0 Å². The number of nitrogens with one attached hydrogen (secondary N) is 1. The highest BCUT2D eigenvalue weighted by molar-refractivity contribution is 14.0. The summed E-state index contributed by atoms with van der Waals surface area (Å²) in [7, 11) is 0.698. The Balaban J connectivity index is 0.00000280. The first kappa shape index (κ1) is 22.4. The number of benzene rings is 1. The molecule has 0 radical (unpaired) electrons. The molecule has 28 heavy (non-hydrogen) atoms. The van der Waals surface area contributed by atoms with E-state index in [1.807, 2.05) is 30.3 Å². The van der Waals surface area contributed by atoms with Gasteiger partial charge in [-0.1, -0.05) is 18.2 Å². The number of hydrogen-bond acceptors (Lipinski definition) is 4. The van der Waals surface area contributed by atoms with E-state index >= 15 is 0 Å². The molecule has 1 aliphatic heterocycles. The summed E-state index contributed by atoms with van der Waals surface area (Å²) in [5, 5.41) is 3.27. The van der Waals surface area contributed by atoms with Crippen LogP contribution in [-0.4, -0.2) is 71.4 Å². The highest BCUT2D eigenvalue weighted by Crippen LogP contribution is 2.10. The number of halogens is 1. The van der Waals surface area contributed by atoms with E-state index in [4.69, 9.17) is 4.42 Å². The maximum atomic E-state index is 12.3. The Hall–Kier alpha value is -1.88. The fourth-order valence-electron chi connectivity index (χ4n) is 2.96. The highest BCUT2D eigenvalue weighted by atomic mass is 127. The van der Waals surface area contributed by atoms with Gasteiger partial charge in [0.15, 0.2) is 11.7 Å². The van der Waals surface area contributed by atoms with Crippen molar-refractivity contribution in [2.24, 2.45) is 4.99 Å². The van der Waals surface area contributed by atoms with Crippen molar-refractivity contribution in [1.82, 2.24) is 15.1 Å². The molecule has 1 unspecified atom stereocenters. The Morgan fingerprint density at radius 1 is 1.11 bits per heavy atom. The fourth-order valence-corrected chi connectivity index (χ4v) is 3.94. The van der Waals surface area contributed by atoms with Gasteiger partial charge in [-0.15, -0.1) is 24.0 Å². The number of rotatable bonds is 5. The van der Waals surface area contributed by atoms with Crippen molar-refractivity contribution >= 4 is 46.6 Å². The molecular weight excluding hydrogens is 491 g/mol. The number of amides is 1. The van der Waals surface area contributed by atoms with Crippen LogP contribution < -0.4 is 5.32 Å². The second-order valence-electron chi connectivity index (χ2n) is 6.09. The lowest BCUT2D eigenvalue weighted by atomic mass is 10.3. The van der Waals surface area contributed by atoms with E-state index in [2.05, 4.69) is 15.2 Å². The Bertz CT molecular complexity index is 791. The summed E-state index contributed by atoms with van der Waals surface area (Å²) < 4.78 is 17.5. The van der Waals surface area contributed by atoms with Crippen LogP contribution in [0.1, 0.15) is 10.6 Å². The molecule has 7 nitrogen and oxygen atoms in total. The van der Waals surface area contributed by atoms with E-state index in [9.17, 15) is 9.00 Å². The quantitative estimate of drug-likeness (QED) is 0.374. The molecule has 9 heteroatoms.